The Morgan fingerprint density at radius 3 is 1.27 bits per heavy atom. The van der Waals surface area contributed by atoms with E-state index in [4.69, 9.17) is 38.3 Å². The first-order valence-electron chi connectivity index (χ1n) is 24.0. The number of aliphatic carboxylic acids is 1. The van der Waals surface area contributed by atoms with Gasteiger partial charge in [0, 0.05) is 105 Å². The van der Waals surface area contributed by atoms with Gasteiger partial charge in [-0.3, -0.25) is 24.2 Å². The number of esters is 4. The molecule has 0 radical (unpaired) electrons. The lowest BCUT2D eigenvalue weighted by molar-refractivity contribution is -0.229. The van der Waals surface area contributed by atoms with E-state index in [9.17, 15) is 29.4 Å². The number of anilines is 2. The summed E-state index contributed by atoms with van der Waals surface area (Å²) in [5, 5.41) is 32.3. The molecule has 2 spiro atoms. The van der Waals surface area contributed by atoms with Crippen molar-refractivity contribution in [1.82, 2.24) is 9.80 Å². The highest BCUT2D eigenvalue weighted by Crippen LogP contribution is 2.69. The van der Waals surface area contributed by atoms with E-state index in [1.165, 1.54) is 28.1 Å². The highest BCUT2D eigenvalue weighted by molar-refractivity contribution is 5.88. The van der Waals surface area contributed by atoms with Crippen molar-refractivity contribution in [3.05, 3.63) is 71.8 Å². The lowest BCUT2D eigenvalue weighted by atomic mass is 9.47. The standard InChI is InChI=1S/2C25H32N2O6.C2H4O2/c2*1-6-23-10-7-12-27-13-11-24(19(23)27)17-9-8-16(31-4)14-18(17)26(3)20(24)25(30,22(29)32-5)21(23)33-15(2)28;1-2(3)4/h2*7-10,14,19-21,30H,6,11-13H2,1-5H3;1H3,(H,3,4)/t2*19-,20+,21+,23+,24+,25-;/m00./s1. The van der Waals surface area contributed by atoms with Gasteiger partial charge in [-0.2, -0.15) is 0 Å². The molecule has 2 saturated carbocycles. The molecule has 70 heavy (non-hydrogen) atoms. The van der Waals surface area contributed by atoms with E-state index in [2.05, 4.69) is 46.2 Å². The van der Waals surface area contributed by atoms with Crippen LogP contribution in [-0.2, 0) is 53.8 Å². The number of nitrogens with zero attached hydrogens (tertiary/aromatic N) is 4. The van der Waals surface area contributed by atoms with Crippen LogP contribution in [0.5, 0.6) is 11.5 Å². The molecule has 8 aliphatic rings. The molecule has 2 aliphatic carbocycles. The normalized spacial score (nSPS) is 36.5. The van der Waals surface area contributed by atoms with Gasteiger partial charge >= 0.3 is 23.9 Å². The van der Waals surface area contributed by atoms with Crippen molar-refractivity contribution in [3.63, 3.8) is 0 Å². The van der Waals surface area contributed by atoms with Gasteiger partial charge in [0.15, 0.2) is 12.2 Å². The molecule has 2 aromatic rings. The maximum atomic E-state index is 13.5. The Morgan fingerprint density at radius 1 is 0.614 bits per heavy atom. The molecule has 6 aliphatic heterocycles. The maximum Gasteiger partial charge on any atom is 0.344 e. The van der Waals surface area contributed by atoms with Crippen LogP contribution in [0.3, 0.4) is 0 Å². The van der Waals surface area contributed by atoms with Gasteiger partial charge in [-0.1, -0.05) is 50.3 Å². The Balaban J connectivity index is 0.000000175. The molecule has 380 valence electrons. The molecule has 2 aromatic carbocycles. The summed E-state index contributed by atoms with van der Waals surface area (Å²) in [5.41, 5.74) is -2.81. The summed E-state index contributed by atoms with van der Waals surface area (Å²) in [6.07, 6.45) is 8.79. The summed E-state index contributed by atoms with van der Waals surface area (Å²) in [4.78, 5) is 69.4. The highest BCUT2D eigenvalue weighted by atomic mass is 16.6. The third kappa shape index (κ3) is 6.61. The minimum atomic E-state index is -2.08. The molecule has 0 aromatic heterocycles. The summed E-state index contributed by atoms with van der Waals surface area (Å²) in [7, 11) is 9.55. The number of fused-ring (bicyclic) bond motifs is 2. The van der Waals surface area contributed by atoms with Crippen molar-refractivity contribution >= 4 is 41.2 Å². The quantitative estimate of drug-likeness (QED) is 0.197. The van der Waals surface area contributed by atoms with E-state index in [1.807, 2.05) is 62.0 Å². The van der Waals surface area contributed by atoms with Gasteiger partial charge in [-0.05, 0) is 62.0 Å². The van der Waals surface area contributed by atoms with Crippen LogP contribution in [0.1, 0.15) is 71.4 Å². The number of carbonyl (C=O) groups is 5. The Bertz CT molecular complexity index is 2350. The molecule has 18 heteroatoms. The molecule has 0 bridgehead atoms. The van der Waals surface area contributed by atoms with Crippen LogP contribution < -0.4 is 19.3 Å². The van der Waals surface area contributed by atoms with Crippen LogP contribution in [0.25, 0.3) is 0 Å². The number of likely N-dealkylation sites (N-methyl/N-ethyl adjacent to an activating group) is 2. The first-order valence-corrected chi connectivity index (χ1v) is 24.0. The number of methoxy groups -OCH3 is 4. The van der Waals surface area contributed by atoms with Crippen LogP contribution in [0.2, 0.25) is 0 Å². The van der Waals surface area contributed by atoms with Crippen molar-refractivity contribution < 1.29 is 67.7 Å². The minimum absolute atomic E-state index is 0.0589. The van der Waals surface area contributed by atoms with E-state index in [-0.39, 0.29) is 12.1 Å². The van der Waals surface area contributed by atoms with E-state index in [1.54, 1.807) is 14.2 Å². The Hall–Kier alpha value is -5.69. The molecule has 10 rings (SSSR count). The lowest BCUT2D eigenvalue weighted by Crippen LogP contribution is -2.81. The van der Waals surface area contributed by atoms with Crippen LogP contribution in [0.15, 0.2) is 60.7 Å². The van der Waals surface area contributed by atoms with Crippen molar-refractivity contribution in [1.29, 1.82) is 0 Å². The number of hydrogen-bond acceptors (Lipinski definition) is 17. The predicted molar refractivity (Wildman–Crippen MR) is 256 cm³/mol. The number of carboxylic acids is 1. The zero-order valence-electron chi connectivity index (χ0n) is 42.0. The van der Waals surface area contributed by atoms with Crippen molar-refractivity contribution in [2.24, 2.45) is 10.8 Å². The smallest absolute Gasteiger partial charge is 0.344 e. The van der Waals surface area contributed by atoms with Gasteiger partial charge in [0.05, 0.1) is 40.5 Å². The largest absolute Gasteiger partial charge is 0.497 e. The SMILES string of the molecule is CC(=O)O.CC[C@]12C=CCN3CC[C@@]4(c5ccc(OC)cc5N(C)[C@H]4[C@@](O)(C(=O)OC)[C@@H]1OC(C)=O)[C@@H]32.CC[C@]12C=CCN3CC[C@@]4(c5ccc(OC)cc5N(C)[C@H]4[C@@](O)(C(=O)OC)[C@@H]1OC(C)=O)[C@@H]32. The van der Waals surface area contributed by atoms with E-state index < -0.39 is 87.0 Å². The maximum absolute atomic E-state index is 13.5. The summed E-state index contributed by atoms with van der Waals surface area (Å²) >= 11 is 0. The number of carboxylic acid groups (broad SMARTS) is 1. The van der Waals surface area contributed by atoms with Gasteiger partial charge in [-0.25, -0.2) is 9.59 Å². The molecule has 18 nitrogen and oxygen atoms in total. The summed E-state index contributed by atoms with van der Waals surface area (Å²) in [6, 6.07) is 10.4. The zero-order chi connectivity index (χ0) is 51.1. The third-order valence-corrected chi connectivity index (χ3v) is 17.2. The number of benzene rings is 2. The van der Waals surface area contributed by atoms with Gasteiger partial charge in [0.2, 0.25) is 11.2 Å². The van der Waals surface area contributed by atoms with Crippen LogP contribution in [0, 0.1) is 10.8 Å². The predicted octanol–water partition coefficient (Wildman–Crippen LogP) is 3.37. The van der Waals surface area contributed by atoms with Gasteiger partial charge in [0.25, 0.3) is 5.97 Å². The number of ether oxygens (including phenoxy) is 6. The summed E-state index contributed by atoms with van der Waals surface area (Å²) in [6.45, 7) is 11.0. The molecular weight excluding hydrogens is 905 g/mol. The van der Waals surface area contributed by atoms with E-state index >= 15 is 0 Å². The molecule has 0 amide bonds. The van der Waals surface area contributed by atoms with Crippen LogP contribution in [-0.4, -0.2) is 171 Å². The zero-order valence-corrected chi connectivity index (χ0v) is 42.0. The number of hydrogen-bond donors (Lipinski definition) is 3. The highest BCUT2D eigenvalue weighted by Gasteiger charge is 2.82. The topological polar surface area (TPSA) is 214 Å². The monoisotopic (exact) mass is 972 g/mol. The molecule has 6 heterocycles. The fourth-order valence-corrected chi connectivity index (χ4v) is 15.4. The first-order chi connectivity index (χ1) is 33.2. The Morgan fingerprint density at radius 2 is 0.971 bits per heavy atom. The van der Waals surface area contributed by atoms with Gasteiger partial charge in [0.1, 0.15) is 11.5 Å². The second-order valence-electron chi connectivity index (χ2n) is 20.0. The molecular formula is C52H68N4O14. The Kier molecular flexibility index (Phi) is 12.9. The molecule has 3 N–H and O–H groups in total. The van der Waals surface area contributed by atoms with Gasteiger partial charge < -0.3 is 53.5 Å². The molecule has 0 unspecified atom stereocenters. The van der Waals surface area contributed by atoms with E-state index in [0.717, 1.165) is 68.4 Å². The number of aliphatic hydroxyl groups is 2. The molecule has 4 fully saturated rings. The number of carbonyl (C=O) groups excluding carboxylic acids is 4. The van der Waals surface area contributed by atoms with E-state index in [0.29, 0.717) is 24.3 Å². The van der Waals surface area contributed by atoms with Crippen molar-refractivity contribution in [2.75, 3.05) is 78.5 Å². The van der Waals surface area contributed by atoms with Crippen molar-refractivity contribution in [3.8, 4) is 11.5 Å². The van der Waals surface area contributed by atoms with Crippen LogP contribution in [0.4, 0.5) is 11.4 Å². The average Bonchev–Trinajstić information content (AvgIpc) is 4.07. The second kappa shape index (κ2) is 17.9. The third-order valence-electron chi connectivity index (χ3n) is 17.2. The average molecular weight is 973 g/mol. The number of rotatable bonds is 8. The first kappa shape index (κ1) is 50.7. The molecule has 2 saturated heterocycles. The fourth-order valence-electron chi connectivity index (χ4n) is 15.4. The lowest BCUT2D eigenvalue weighted by Gasteiger charge is -2.63. The molecule has 12 atom stereocenters. The van der Waals surface area contributed by atoms with Gasteiger partial charge in [-0.15, -0.1) is 0 Å². The fraction of sp³-hybridized carbons (Fsp3) is 0.596. The summed E-state index contributed by atoms with van der Waals surface area (Å²) < 4.78 is 33.2. The summed E-state index contributed by atoms with van der Waals surface area (Å²) in [5.74, 6) is -2.07. The Labute approximate surface area is 409 Å². The second-order valence-corrected chi connectivity index (χ2v) is 20.0. The van der Waals surface area contributed by atoms with Crippen LogP contribution >= 0.6 is 0 Å². The van der Waals surface area contributed by atoms with Crippen molar-refractivity contribution in [2.45, 2.75) is 119 Å². The minimum Gasteiger partial charge on any atom is -0.497 e.